The Morgan fingerprint density at radius 2 is 2.10 bits per heavy atom. The topological polar surface area (TPSA) is 88.3 Å². The van der Waals surface area contributed by atoms with Crippen molar-refractivity contribution in [2.45, 2.75) is 44.6 Å². The second-order valence-electron chi connectivity index (χ2n) is 5.43. The Bertz CT molecular complexity index is 519. The lowest BCUT2D eigenvalue weighted by Gasteiger charge is -2.29. The number of nitrogens with one attached hydrogen (secondary N) is 1. The highest BCUT2D eigenvalue weighted by atomic mass is 16.5. The van der Waals surface area contributed by atoms with Gasteiger partial charge >= 0.3 is 0 Å². The van der Waals surface area contributed by atoms with Crippen molar-refractivity contribution < 1.29 is 14.1 Å². The molecule has 2 aliphatic rings. The largest absolute Gasteiger partial charge is 0.344 e. The fraction of sp³-hybridized carbons (Fsp3) is 0.692. The molecule has 1 atom stereocenters. The van der Waals surface area contributed by atoms with Gasteiger partial charge in [0.15, 0.2) is 5.82 Å². The molecule has 0 aliphatic carbocycles. The summed E-state index contributed by atoms with van der Waals surface area (Å²) < 4.78 is 5.27. The quantitative estimate of drug-likeness (QED) is 0.862. The third kappa shape index (κ3) is 2.52. The van der Waals surface area contributed by atoms with Crippen LogP contribution in [0.15, 0.2) is 4.52 Å². The van der Waals surface area contributed by atoms with Crippen molar-refractivity contribution in [3.63, 3.8) is 0 Å². The second-order valence-corrected chi connectivity index (χ2v) is 5.43. The van der Waals surface area contributed by atoms with Crippen LogP contribution in [0.3, 0.4) is 0 Å². The zero-order chi connectivity index (χ0) is 14.1. The highest BCUT2D eigenvalue weighted by molar-refractivity contribution is 5.78. The van der Waals surface area contributed by atoms with E-state index in [2.05, 4.69) is 15.5 Å². The summed E-state index contributed by atoms with van der Waals surface area (Å²) in [7, 11) is 0. The van der Waals surface area contributed by atoms with E-state index >= 15 is 0 Å². The van der Waals surface area contributed by atoms with Crippen molar-refractivity contribution in [1.29, 1.82) is 0 Å². The van der Waals surface area contributed by atoms with Gasteiger partial charge in [-0.05, 0) is 19.3 Å². The Labute approximate surface area is 116 Å². The van der Waals surface area contributed by atoms with Gasteiger partial charge in [-0.1, -0.05) is 5.16 Å². The van der Waals surface area contributed by atoms with Crippen molar-refractivity contribution in [1.82, 2.24) is 20.4 Å². The fourth-order valence-corrected chi connectivity index (χ4v) is 2.81. The van der Waals surface area contributed by atoms with Gasteiger partial charge in [-0.15, -0.1) is 0 Å². The van der Waals surface area contributed by atoms with Crippen LogP contribution >= 0.6 is 0 Å². The Hall–Kier alpha value is -1.92. The molecule has 2 saturated heterocycles. The number of hydrogen-bond acceptors (Lipinski definition) is 5. The van der Waals surface area contributed by atoms with E-state index in [0.29, 0.717) is 24.6 Å². The average molecular weight is 278 g/mol. The first kappa shape index (κ1) is 13.1. The number of likely N-dealkylation sites (tertiary alicyclic amines) is 1. The number of aromatic nitrogens is 2. The van der Waals surface area contributed by atoms with E-state index in [1.807, 2.05) is 4.90 Å². The molecule has 0 radical (unpaired) electrons. The number of hydrogen-bond donors (Lipinski definition) is 1. The van der Waals surface area contributed by atoms with Gasteiger partial charge in [0.05, 0.1) is 0 Å². The molecule has 2 aliphatic heterocycles. The van der Waals surface area contributed by atoms with Crippen molar-refractivity contribution in [3.05, 3.63) is 11.7 Å². The van der Waals surface area contributed by atoms with Crippen LogP contribution in [-0.4, -0.2) is 39.9 Å². The number of nitrogens with zero attached hydrogens (tertiary/aromatic N) is 3. The molecule has 20 heavy (non-hydrogen) atoms. The molecule has 0 saturated carbocycles. The lowest BCUT2D eigenvalue weighted by Crippen LogP contribution is -2.36. The monoisotopic (exact) mass is 278 g/mol. The summed E-state index contributed by atoms with van der Waals surface area (Å²) in [5.41, 5.74) is 0. The molecule has 0 aromatic carbocycles. The van der Waals surface area contributed by atoms with Crippen LogP contribution in [0.25, 0.3) is 0 Å². The summed E-state index contributed by atoms with van der Waals surface area (Å²) in [6, 6.07) is -0.138. The van der Waals surface area contributed by atoms with E-state index in [9.17, 15) is 9.59 Å². The van der Waals surface area contributed by atoms with Gasteiger partial charge < -0.3 is 14.7 Å². The van der Waals surface area contributed by atoms with Gasteiger partial charge in [0.25, 0.3) is 0 Å². The third-order valence-electron chi connectivity index (χ3n) is 4.06. The molecule has 2 fully saturated rings. The normalized spacial score (nSPS) is 23.9. The lowest BCUT2D eigenvalue weighted by molar-refractivity contribution is -0.129. The Kier molecular flexibility index (Phi) is 3.42. The summed E-state index contributed by atoms with van der Waals surface area (Å²) in [6.07, 6.45) is 2.94. The van der Waals surface area contributed by atoms with Crippen LogP contribution in [0.5, 0.6) is 0 Å². The summed E-state index contributed by atoms with van der Waals surface area (Å²) >= 11 is 0. The predicted octanol–water partition coefficient (Wildman–Crippen LogP) is 0.747. The minimum absolute atomic E-state index is 0.0320. The maximum atomic E-state index is 11.3. The number of carbonyl (C=O) groups is 2. The van der Waals surface area contributed by atoms with Crippen molar-refractivity contribution in [2.24, 2.45) is 0 Å². The molecule has 1 N–H and O–H groups in total. The molecule has 1 aromatic heterocycles. The first-order valence-corrected chi connectivity index (χ1v) is 7.02. The summed E-state index contributed by atoms with van der Waals surface area (Å²) in [4.78, 5) is 28.7. The van der Waals surface area contributed by atoms with E-state index in [1.165, 1.54) is 0 Å². The van der Waals surface area contributed by atoms with E-state index in [4.69, 9.17) is 4.52 Å². The molecule has 0 unspecified atom stereocenters. The third-order valence-corrected chi connectivity index (χ3v) is 4.06. The van der Waals surface area contributed by atoms with Gasteiger partial charge in [-0.2, -0.15) is 4.98 Å². The Morgan fingerprint density at radius 1 is 1.35 bits per heavy atom. The number of carbonyl (C=O) groups excluding carboxylic acids is 2. The van der Waals surface area contributed by atoms with Gasteiger partial charge in [0, 0.05) is 32.4 Å². The Balaban J connectivity index is 1.63. The Morgan fingerprint density at radius 3 is 2.70 bits per heavy atom. The van der Waals surface area contributed by atoms with E-state index in [0.717, 1.165) is 25.9 Å². The number of amides is 2. The average Bonchev–Trinajstić information content (AvgIpc) is 3.07. The highest BCUT2D eigenvalue weighted by Gasteiger charge is 2.30. The molecule has 3 rings (SSSR count). The minimum atomic E-state index is -0.138. The molecular weight excluding hydrogens is 260 g/mol. The maximum Gasteiger partial charge on any atom is 0.249 e. The maximum absolute atomic E-state index is 11.3. The van der Waals surface area contributed by atoms with Crippen LogP contribution in [0.4, 0.5) is 0 Å². The zero-order valence-corrected chi connectivity index (χ0v) is 11.5. The molecule has 108 valence electrons. The molecular formula is C13H18N4O3. The van der Waals surface area contributed by atoms with Gasteiger partial charge in [0.2, 0.25) is 17.7 Å². The molecule has 0 spiro atoms. The predicted molar refractivity (Wildman–Crippen MR) is 68.6 cm³/mol. The van der Waals surface area contributed by atoms with Crippen molar-refractivity contribution in [2.75, 3.05) is 13.1 Å². The molecule has 2 amide bonds. The minimum Gasteiger partial charge on any atom is -0.344 e. The van der Waals surface area contributed by atoms with Crippen LogP contribution in [-0.2, 0) is 9.59 Å². The zero-order valence-electron chi connectivity index (χ0n) is 11.5. The number of rotatable bonds is 2. The number of piperidine rings is 1. The van der Waals surface area contributed by atoms with Crippen molar-refractivity contribution in [3.8, 4) is 0 Å². The van der Waals surface area contributed by atoms with Crippen molar-refractivity contribution >= 4 is 11.8 Å². The van der Waals surface area contributed by atoms with Crippen LogP contribution in [0.1, 0.15) is 56.3 Å². The molecule has 3 heterocycles. The van der Waals surface area contributed by atoms with E-state index < -0.39 is 0 Å². The lowest BCUT2D eigenvalue weighted by atomic mass is 9.96. The molecule has 7 nitrogen and oxygen atoms in total. The summed E-state index contributed by atoms with van der Waals surface area (Å²) in [6.45, 7) is 3.07. The smallest absolute Gasteiger partial charge is 0.249 e. The summed E-state index contributed by atoms with van der Waals surface area (Å²) in [5.74, 6) is 1.58. The van der Waals surface area contributed by atoms with E-state index in [1.54, 1.807) is 6.92 Å². The molecule has 7 heteroatoms. The van der Waals surface area contributed by atoms with Crippen LogP contribution in [0, 0.1) is 0 Å². The summed E-state index contributed by atoms with van der Waals surface area (Å²) in [5, 5.41) is 6.86. The second kappa shape index (κ2) is 5.22. The molecule has 1 aromatic rings. The van der Waals surface area contributed by atoms with Gasteiger partial charge in [-0.3, -0.25) is 9.59 Å². The highest BCUT2D eigenvalue weighted by Crippen LogP contribution is 2.28. The first-order valence-electron chi connectivity index (χ1n) is 7.02. The van der Waals surface area contributed by atoms with Crippen LogP contribution in [0.2, 0.25) is 0 Å². The SMILES string of the molecule is CC(=O)N1CCC(c2noc([C@@H]3CCC(=O)N3)n2)CC1. The van der Waals surface area contributed by atoms with Gasteiger partial charge in [-0.25, -0.2) is 0 Å². The van der Waals surface area contributed by atoms with Crippen LogP contribution < -0.4 is 5.32 Å². The van der Waals surface area contributed by atoms with E-state index in [-0.39, 0.29) is 23.8 Å². The standard InChI is InChI=1S/C13H18N4O3/c1-8(18)17-6-4-9(5-7-17)12-15-13(20-16-12)10-2-3-11(19)14-10/h9-10H,2-7H2,1H3,(H,14,19)/t10-/m0/s1. The molecule has 0 bridgehead atoms. The first-order chi connectivity index (χ1) is 9.63. The van der Waals surface area contributed by atoms with Gasteiger partial charge in [0.1, 0.15) is 6.04 Å². The fourth-order valence-electron chi connectivity index (χ4n) is 2.81.